The molecule has 0 radical (unpaired) electrons. The average Bonchev–Trinajstić information content (AvgIpc) is 2.51. The summed E-state index contributed by atoms with van der Waals surface area (Å²) in [5.41, 5.74) is 2.18. The minimum Gasteiger partial charge on any atom is -0.378 e. The maximum absolute atomic E-state index is 8.85. The van der Waals surface area contributed by atoms with Crippen LogP contribution < -0.4 is 4.90 Å². The lowest BCUT2D eigenvalue weighted by Gasteiger charge is -2.50. The van der Waals surface area contributed by atoms with Gasteiger partial charge in [-0.05, 0) is 44.2 Å². The van der Waals surface area contributed by atoms with Crippen LogP contribution in [0.5, 0.6) is 0 Å². The van der Waals surface area contributed by atoms with Crippen LogP contribution in [-0.4, -0.2) is 50.3 Å². The average molecular weight is 271 g/mol. The van der Waals surface area contributed by atoms with Gasteiger partial charge >= 0.3 is 0 Å². The van der Waals surface area contributed by atoms with Crippen LogP contribution in [-0.2, 0) is 4.74 Å². The summed E-state index contributed by atoms with van der Waals surface area (Å²) in [6, 6.07) is 10.1. The van der Waals surface area contributed by atoms with E-state index in [1.54, 1.807) is 0 Å². The summed E-state index contributed by atoms with van der Waals surface area (Å²) in [5, 5.41) is 8.85. The van der Waals surface area contributed by atoms with Crippen molar-refractivity contribution in [3.05, 3.63) is 29.8 Å². The van der Waals surface area contributed by atoms with Gasteiger partial charge in [0.2, 0.25) is 0 Å². The first-order valence-electron chi connectivity index (χ1n) is 7.28. The molecule has 4 heteroatoms. The van der Waals surface area contributed by atoms with Crippen molar-refractivity contribution < 1.29 is 4.74 Å². The second-order valence-corrected chi connectivity index (χ2v) is 5.84. The first-order chi connectivity index (χ1) is 9.73. The van der Waals surface area contributed by atoms with Crippen molar-refractivity contribution >= 4 is 5.69 Å². The number of hydrogen-bond donors (Lipinski definition) is 0. The molecule has 2 aliphatic rings. The van der Waals surface area contributed by atoms with E-state index < -0.39 is 0 Å². The summed E-state index contributed by atoms with van der Waals surface area (Å²) >= 11 is 0. The minimum atomic E-state index is 0.237. The topological polar surface area (TPSA) is 39.5 Å². The summed E-state index contributed by atoms with van der Waals surface area (Å²) in [5.74, 6) is 0. The molecule has 0 aromatic heterocycles. The van der Waals surface area contributed by atoms with Crippen LogP contribution in [0.3, 0.4) is 0 Å². The van der Waals surface area contributed by atoms with Crippen LogP contribution in [0.1, 0.15) is 18.4 Å². The van der Waals surface area contributed by atoms with E-state index in [4.69, 9.17) is 10.00 Å². The van der Waals surface area contributed by atoms with Crippen molar-refractivity contribution in [2.75, 3.05) is 44.8 Å². The zero-order chi connectivity index (χ0) is 14.0. The van der Waals surface area contributed by atoms with E-state index in [9.17, 15) is 0 Å². The molecule has 106 valence electrons. The van der Waals surface area contributed by atoms with Crippen molar-refractivity contribution in [2.24, 2.45) is 0 Å². The Morgan fingerprint density at radius 2 is 1.85 bits per heavy atom. The Morgan fingerprint density at radius 1 is 1.15 bits per heavy atom. The molecule has 0 saturated carbocycles. The van der Waals surface area contributed by atoms with Gasteiger partial charge in [0.1, 0.15) is 0 Å². The zero-order valence-electron chi connectivity index (χ0n) is 12.0. The van der Waals surface area contributed by atoms with Gasteiger partial charge in [0.15, 0.2) is 0 Å². The Hall–Kier alpha value is -1.57. The molecule has 1 spiro atoms. The van der Waals surface area contributed by atoms with Crippen molar-refractivity contribution in [3.8, 4) is 6.07 Å². The van der Waals surface area contributed by atoms with Gasteiger partial charge in [-0.3, -0.25) is 4.90 Å². The number of piperidine rings is 1. The van der Waals surface area contributed by atoms with E-state index in [0.29, 0.717) is 0 Å². The third-order valence-electron chi connectivity index (χ3n) is 4.81. The smallest absolute Gasteiger partial charge is 0.0991 e. The van der Waals surface area contributed by atoms with Crippen molar-refractivity contribution in [1.29, 1.82) is 5.26 Å². The Kier molecular flexibility index (Phi) is 3.64. The molecule has 0 aliphatic carbocycles. The minimum absolute atomic E-state index is 0.237. The van der Waals surface area contributed by atoms with Crippen LogP contribution >= 0.6 is 0 Å². The Morgan fingerprint density at radius 3 is 2.45 bits per heavy atom. The molecule has 1 aromatic carbocycles. The summed E-state index contributed by atoms with van der Waals surface area (Å²) in [4.78, 5) is 4.89. The predicted molar refractivity (Wildman–Crippen MR) is 78.8 cm³/mol. The number of morpholine rings is 1. The summed E-state index contributed by atoms with van der Waals surface area (Å²) < 4.78 is 5.71. The van der Waals surface area contributed by atoms with Crippen molar-refractivity contribution in [2.45, 2.75) is 18.4 Å². The van der Waals surface area contributed by atoms with Gasteiger partial charge in [-0.25, -0.2) is 0 Å². The van der Waals surface area contributed by atoms with Crippen LogP contribution in [0, 0.1) is 11.3 Å². The van der Waals surface area contributed by atoms with Gasteiger partial charge in [-0.2, -0.15) is 5.26 Å². The predicted octanol–water partition coefficient (Wildman–Crippen LogP) is 1.86. The normalized spacial score (nSPS) is 22.7. The Balaban J connectivity index is 1.67. The Labute approximate surface area is 120 Å². The van der Waals surface area contributed by atoms with Gasteiger partial charge in [0, 0.05) is 30.9 Å². The lowest BCUT2D eigenvalue weighted by atomic mass is 9.85. The number of likely N-dealkylation sites (N-methyl/N-ethyl adjacent to an activating group) is 1. The van der Waals surface area contributed by atoms with Crippen LogP contribution in [0.2, 0.25) is 0 Å². The molecular formula is C16H21N3O. The highest BCUT2D eigenvalue weighted by molar-refractivity contribution is 5.50. The van der Waals surface area contributed by atoms with Gasteiger partial charge in [-0.15, -0.1) is 0 Å². The van der Waals surface area contributed by atoms with Crippen molar-refractivity contribution in [1.82, 2.24) is 4.90 Å². The molecule has 2 aliphatic heterocycles. The molecule has 3 rings (SSSR count). The fourth-order valence-corrected chi connectivity index (χ4v) is 3.26. The Bertz CT molecular complexity index is 497. The third kappa shape index (κ3) is 2.39. The van der Waals surface area contributed by atoms with Crippen LogP contribution in [0.4, 0.5) is 5.69 Å². The highest BCUT2D eigenvalue weighted by Gasteiger charge is 2.40. The largest absolute Gasteiger partial charge is 0.378 e. The molecule has 0 N–H and O–H groups in total. The molecular weight excluding hydrogens is 250 g/mol. The van der Waals surface area contributed by atoms with Crippen LogP contribution in [0.25, 0.3) is 0 Å². The van der Waals surface area contributed by atoms with Crippen molar-refractivity contribution in [3.63, 3.8) is 0 Å². The first-order valence-corrected chi connectivity index (χ1v) is 7.28. The number of nitrogens with zero attached hydrogens (tertiary/aromatic N) is 3. The molecule has 20 heavy (non-hydrogen) atoms. The van der Waals surface area contributed by atoms with Crippen LogP contribution in [0.15, 0.2) is 24.3 Å². The molecule has 2 fully saturated rings. The van der Waals surface area contributed by atoms with E-state index >= 15 is 0 Å². The molecule has 0 amide bonds. The molecule has 0 atom stereocenters. The van der Waals surface area contributed by atoms with Gasteiger partial charge < -0.3 is 9.64 Å². The number of rotatable bonds is 1. The highest BCUT2D eigenvalue weighted by Crippen LogP contribution is 2.32. The number of benzene rings is 1. The second-order valence-electron chi connectivity index (χ2n) is 5.84. The fourth-order valence-electron chi connectivity index (χ4n) is 3.26. The lowest BCUT2D eigenvalue weighted by Crippen LogP contribution is -2.60. The summed E-state index contributed by atoms with van der Waals surface area (Å²) in [7, 11) is 2.22. The zero-order valence-corrected chi connectivity index (χ0v) is 12.0. The van der Waals surface area contributed by atoms with Gasteiger partial charge in [0.05, 0.1) is 24.8 Å². The summed E-state index contributed by atoms with van der Waals surface area (Å²) in [6.45, 7) is 4.87. The lowest BCUT2D eigenvalue weighted by molar-refractivity contribution is -0.0669. The standard InChI is InChI=1S/C16H21N3O/c1-18-10-11-20-13-16(18)6-8-19(9-7-16)15-4-2-14(12-17)3-5-15/h2-5H,6-11,13H2,1H3. The van der Waals surface area contributed by atoms with E-state index in [1.165, 1.54) is 5.69 Å². The first kappa shape index (κ1) is 13.4. The second kappa shape index (κ2) is 5.43. The molecule has 2 saturated heterocycles. The molecule has 2 heterocycles. The maximum Gasteiger partial charge on any atom is 0.0991 e. The molecule has 0 unspecified atom stereocenters. The summed E-state index contributed by atoms with van der Waals surface area (Å²) in [6.07, 6.45) is 2.28. The van der Waals surface area contributed by atoms with E-state index in [1.807, 2.05) is 12.1 Å². The number of anilines is 1. The molecule has 4 nitrogen and oxygen atoms in total. The van der Waals surface area contributed by atoms with E-state index in [-0.39, 0.29) is 5.54 Å². The molecule has 0 bridgehead atoms. The maximum atomic E-state index is 8.85. The number of nitriles is 1. The fraction of sp³-hybridized carbons (Fsp3) is 0.562. The quantitative estimate of drug-likeness (QED) is 0.781. The monoisotopic (exact) mass is 271 g/mol. The van der Waals surface area contributed by atoms with Gasteiger partial charge in [-0.1, -0.05) is 0 Å². The van der Waals surface area contributed by atoms with E-state index in [2.05, 4.69) is 35.0 Å². The number of ether oxygens (including phenoxy) is 1. The SMILES string of the molecule is CN1CCOCC12CCN(c1ccc(C#N)cc1)CC2. The highest BCUT2D eigenvalue weighted by atomic mass is 16.5. The van der Waals surface area contributed by atoms with E-state index in [0.717, 1.165) is 51.3 Å². The van der Waals surface area contributed by atoms with Gasteiger partial charge in [0.25, 0.3) is 0 Å². The molecule has 1 aromatic rings. The third-order valence-corrected chi connectivity index (χ3v) is 4.81. The number of hydrogen-bond acceptors (Lipinski definition) is 4.